The molecule has 0 aromatic rings. The maximum atomic E-state index is 13.0. The highest BCUT2D eigenvalue weighted by molar-refractivity contribution is 5.69. The predicted octanol–water partition coefficient (Wildman–Crippen LogP) is 15.3. The Labute approximate surface area is 363 Å². The molecule has 0 heterocycles. The molecule has 0 saturated carbocycles. The van der Waals surface area contributed by atoms with E-state index >= 15 is 0 Å². The monoisotopic (exact) mass is 821 g/mol. The first-order chi connectivity index (χ1) is 28.5. The topological polar surface area (TPSA) is 67.9 Å². The van der Waals surface area contributed by atoms with Crippen LogP contribution < -0.4 is 5.32 Å². The Balaban J connectivity index is 4.58. The lowest BCUT2D eigenvalue weighted by molar-refractivity contribution is -0.146. The lowest BCUT2D eigenvalue weighted by atomic mass is 9.94. The molecule has 0 aromatic carbocycles. The number of hydrogen-bond donors (Lipinski definition) is 1. The number of carbonyl (C=O) groups is 2. The molecule has 0 fully saturated rings. The molecule has 346 valence electrons. The molecular weight excluding hydrogens is 717 g/mol. The van der Waals surface area contributed by atoms with Gasteiger partial charge in [0.1, 0.15) is 0 Å². The van der Waals surface area contributed by atoms with Crippen LogP contribution in [-0.2, 0) is 19.1 Å². The Hall–Kier alpha value is -1.14. The molecule has 0 aromatic heterocycles. The Kier molecular flexibility index (Phi) is 46.0. The van der Waals surface area contributed by atoms with Crippen LogP contribution in [-0.4, -0.2) is 63.3 Å². The summed E-state index contributed by atoms with van der Waals surface area (Å²) in [6.07, 6.45) is 46.1. The van der Waals surface area contributed by atoms with E-state index in [1.54, 1.807) is 0 Å². The first-order valence-corrected chi connectivity index (χ1v) is 26.2. The molecule has 6 nitrogen and oxygen atoms in total. The van der Waals surface area contributed by atoms with Crippen molar-refractivity contribution in [3.63, 3.8) is 0 Å². The molecule has 0 aliphatic heterocycles. The van der Waals surface area contributed by atoms with E-state index in [9.17, 15) is 9.59 Å². The van der Waals surface area contributed by atoms with Crippen molar-refractivity contribution in [3.8, 4) is 0 Å². The van der Waals surface area contributed by atoms with Gasteiger partial charge in [0.2, 0.25) is 0 Å². The summed E-state index contributed by atoms with van der Waals surface area (Å²) < 4.78 is 11.8. The third-order valence-electron chi connectivity index (χ3n) is 12.5. The fourth-order valence-corrected chi connectivity index (χ4v) is 8.38. The molecule has 58 heavy (non-hydrogen) atoms. The van der Waals surface area contributed by atoms with Crippen molar-refractivity contribution in [2.24, 2.45) is 11.8 Å². The maximum Gasteiger partial charge on any atom is 0.307 e. The lowest BCUT2D eigenvalue weighted by Gasteiger charge is -2.22. The minimum Gasteiger partial charge on any atom is -0.465 e. The van der Waals surface area contributed by atoms with E-state index < -0.39 is 0 Å². The molecule has 0 rings (SSSR count). The van der Waals surface area contributed by atoms with Crippen LogP contribution in [0.3, 0.4) is 0 Å². The van der Waals surface area contributed by atoms with Gasteiger partial charge in [-0.05, 0) is 64.0 Å². The van der Waals surface area contributed by atoms with E-state index in [4.69, 9.17) is 9.47 Å². The van der Waals surface area contributed by atoms with E-state index in [1.807, 2.05) is 7.05 Å². The van der Waals surface area contributed by atoms with Gasteiger partial charge in [-0.25, -0.2) is 0 Å². The van der Waals surface area contributed by atoms with E-state index in [0.717, 1.165) is 45.4 Å². The molecule has 0 aliphatic rings. The van der Waals surface area contributed by atoms with Gasteiger partial charge in [-0.3, -0.25) is 9.59 Å². The molecule has 6 heteroatoms. The van der Waals surface area contributed by atoms with Crippen LogP contribution in [0.25, 0.3) is 0 Å². The first kappa shape index (κ1) is 56.9. The number of nitrogens with one attached hydrogen (secondary N) is 1. The van der Waals surface area contributed by atoms with E-state index in [1.165, 1.54) is 205 Å². The summed E-state index contributed by atoms with van der Waals surface area (Å²) in [4.78, 5) is 28.1. The molecule has 2 unspecified atom stereocenters. The number of rotatable bonds is 48. The van der Waals surface area contributed by atoms with Gasteiger partial charge in [0.15, 0.2) is 0 Å². The summed E-state index contributed by atoms with van der Waals surface area (Å²) in [6.45, 7) is 13.8. The number of nitrogens with zero attached hydrogens (tertiary/aromatic N) is 1. The van der Waals surface area contributed by atoms with E-state index in [-0.39, 0.29) is 11.9 Å². The van der Waals surface area contributed by atoms with Gasteiger partial charge in [-0.1, -0.05) is 214 Å². The molecule has 0 aliphatic carbocycles. The largest absolute Gasteiger partial charge is 0.465 e. The van der Waals surface area contributed by atoms with Crippen molar-refractivity contribution in [3.05, 3.63) is 0 Å². The highest BCUT2D eigenvalue weighted by atomic mass is 16.5. The van der Waals surface area contributed by atoms with Crippen LogP contribution >= 0.6 is 0 Å². The minimum atomic E-state index is -0.0404. The third kappa shape index (κ3) is 41.6. The molecule has 0 amide bonds. The van der Waals surface area contributed by atoms with Gasteiger partial charge in [0.05, 0.1) is 19.6 Å². The van der Waals surface area contributed by atoms with Gasteiger partial charge < -0.3 is 19.7 Å². The van der Waals surface area contributed by atoms with Crippen LogP contribution in [0, 0.1) is 11.8 Å². The Bertz CT molecular complexity index is 838. The molecule has 0 bridgehead atoms. The smallest absolute Gasteiger partial charge is 0.307 e. The van der Waals surface area contributed by atoms with E-state index in [2.05, 4.69) is 37.9 Å². The first-order valence-electron chi connectivity index (χ1n) is 26.2. The second-order valence-electron chi connectivity index (χ2n) is 18.2. The van der Waals surface area contributed by atoms with E-state index in [0.29, 0.717) is 37.9 Å². The fraction of sp³-hybridized carbons (Fsp3) is 0.962. The van der Waals surface area contributed by atoms with Gasteiger partial charge in [-0.15, -0.1) is 0 Å². The van der Waals surface area contributed by atoms with Gasteiger partial charge in [0, 0.05) is 26.1 Å². The zero-order valence-corrected chi connectivity index (χ0v) is 40.1. The highest BCUT2D eigenvalue weighted by Gasteiger charge is 2.15. The average Bonchev–Trinajstić information content (AvgIpc) is 3.23. The van der Waals surface area contributed by atoms with Crippen molar-refractivity contribution >= 4 is 11.9 Å². The van der Waals surface area contributed by atoms with Crippen LogP contribution in [0.1, 0.15) is 265 Å². The van der Waals surface area contributed by atoms with Crippen LogP contribution in [0.5, 0.6) is 0 Å². The van der Waals surface area contributed by atoms with Gasteiger partial charge in [0.25, 0.3) is 0 Å². The maximum absolute atomic E-state index is 13.0. The van der Waals surface area contributed by atoms with Crippen molar-refractivity contribution in [2.45, 2.75) is 265 Å². The number of carbonyl (C=O) groups excluding carboxylic acids is 2. The van der Waals surface area contributed by atoms with Gasteiger partial charge >= 0.3 is 11.9 Å². The molecule has 0 saturated heterocycles. The van der Waals surface area contributed by atoms with Crippen molar-refractivity contribution in [2.75, 3.05) is 46.4 Å². The molecular formula is C52H104N2O4. The summed E-state index contributed by atoms with van der Waals surface area (Å²) in [5.41, 5.74) is 0. The zero-order chi connectivity index (χ0) is 42.4. The van der Waals surface area contributed by atoms with Crippen molar-refractivity contribution in [1.82, 2.24) is 10.2 Å². The second kappa shape index (κ2) is 46.9. The summed E-state index contributed by atoms with van der Waals surface area (Å²) in [7, 11) is 1.99. The summed E-state index contributed by atoms with van der Waals surface area (Å²) in [6, 6.07) is 0. The highest BCUT2D eigenvalue weighted by Crippen LogP contribution is 2.22. The molecule has 2 atom stereocenters. The van der Waals surface area contributed by atoms with Crippen LogP contribution in [0.4, 0.5) is 0 Å². The van der Waals surface area contributed by atoms with Crippen LogP contribution in [0.15, 0.2) is 0 Å². The zero-order valence-electron chi connectivity index (χ0n) is 40.1. The number of hydrogen-bond acceptors (Lipinski definition) is 6. The Morgan fingerprint density at radius 1 is 0.397 bits per heavy atom. The fourth-order valence-electron chi connectivity index (χ4n) is 8.38. The molecule has 1 N–H and O–H groups in total. The number of esters is 2. The minimum absolute atomic E-state index is 0.0230. The summed E-state index contributed by atoms with van der Waals surface area (Å²) >= 11 is 0. The van der Waals surface area contributed by atoms with Crippen LogP contribution in [0.2, 0.25) is 0 Å². The van der Waals surface area contributed by atoms with Crippen molar-refractivity contribution < 1.29 is 19.1 Å². The third-order valence-corrected chi connectivity index (χ3v) is 12.5. The quantitative estimate of drug-likeness (QED) is 0.0487. The lowest BCUT2D eigenvalue weighted by Crippen LogP contribution is -2.33. The number of unbranched alkanes of at least 4 members (excludes halogenated alkanes) is 26. The molecule has 0 spiro atoms. The normalized spacial score (nSPS) is 12.7. The average molecular weight is 821 g/mol. The van der Waals surface area contributed by atoms with Gasteiger partial charge in [-0.2, -0.15) is 0 Å². The standard InChI is InChI=1S/C52H104N2O4/c1-6-10-14-18-21-23-24-26-29-34-40-50(39-33-28-25-22-19-15-11-7-2)48-58-52(56)42-45-54(46-43-53-5)44-36-30-35-41-51(55)57-47-49(37-31-17-13-9-4)38-32-27-20-16-12-8-3/h49-50,53H,6-48H2,1-5H3. The molecule has 0 radical (unpaired) electrons. The second-order valence-corrected chi connectivity index (χ2v) is 18.2. The summed E-state index contributed by atoms with van der Waals surface area (Å²) in [5, 5.41) is 3.28. The Morgan fingerprint density at radius 2 is 0.724 bits per heavy atom. The summed E-state index contributed by atoms with van der Waals surface area (Å²) in [5.74, 6) is 0.957. The van der Waals surface area contributed by atoms with Crippen molar-refractivity contribution in [1.29, 1.82) is 0 Å². The SMILES string of the molecule is CCCCCCCCCCCCC(CCCCCCCCCC)COC(=O)CCN(CCCCCC(=O)OCC(CCCCCC)CCCCCCCC)CCNC. The predicted molar refractivity (Wildman–Crippen MR) is 253 cm³/mol. The Morgan fingerprint density at radius 3 is 1.10 bits per heavy atom. The number of ether oxygens (including phenoxy) is 2. The number of likely N-dealkylation sites (N-methyl/N-ethyl adjacent to an activating group) is 1.